The van der Waals surface area contributed by atoms with Gasteiger partial charge in [-0.3, -0.25) is 0 Å². The third kappa shape index (κ3) is 5.05. The van der Waals surface area contributed by atoms with Gasteiger partial charge in [0.1, 0.15) is 59.7 Å². The first-order valence-electron chi connectivity index (χ1n) is 14.0. The van der Waals surface area contributed by atoms with E-state index in [9.17, 15) is 73.7 Å². The standard InChI is InChI=1S/C37H7F6N9/c38-36(39,40)22-5-3-17(4-6-22)28-23(13-49)32-25(15-51)33-24(14-50)29(18-1-2-19(8-44)27(7-18)37(41,42)43)31(21(11-47)12-48)35(33)26(16-52)34(32)30(28)20(9-45)10-46/h1-7H. The number of benzene rings is 3. The zero-order chi connectivity index (χ0) is 38.3. The topological polar surface area (TPSA) is 214 Å². The number of nitrogens with zero attached hydrogens (tertiary/aromatic N) is 9. The number of rotatable bonds is 2. The highest BCUT2D eigenvalue weighted by Gasteiger charge is 2.44. The summed E-state index contributed by atoms with van der Waals surface area (Å²) in [6.07, 6.45) is -9.90. The van der Waals surface area contributed by atoms with Gasteiger partial charge in [-0.15, -0.1) is 0 Å². The number of nitriles is 9. The summed E-state index contributed by atoms with van der Waals surface area (Å²) in [5, 5.41) is 91.6. The van der Waals surface area contributed by atoms with Gasteiger partial charge in [0.25, 0.3) is 0 Å². The smallest absolute Gasteiger partial charge is 0.192 e. The zero-order valence-corrected chi connectivity index (χ0v) is 25.3. The Balaban J connectivity index is 2.07. The molecule has 5 rings (SSSR count). The van der Waals surface area contributed by atoms with Gasteiger partial charge < -0.3 is 0 Å². The minimum absolute atomic E-state index is 0.161. The summed E-state index contributed by atoms with van der Waals surface area (Å²) in [6, 6.07) is 20.3. The molecule has 0 atom stereocenters. The number of fused-ring (bicyclic) bond motifs is 2. The molecule has 0 aromatic heterocycles. The molecule has 0 heterocycles. The first-order chi connectivity index (χ1) is 24.7. The van der Waals surface area contributed by atoms with Gasteiger partial charge in [0.15, 0.2) is 0 Å². The highest BCUT2D eigenvalue weighted by Crippen LogP contribution is 2.58. The fraction of sp³-hybridized carbons (Fsp3) is 0.0541. The van der Waals surface area contributed by atoms with E-state index in [1.165, 1.54) is 6.07 Å². The second kappa shape index (κ2) is 12.6. The molecule has 0 N–H and O–H groups in total. The summed E-state index contributed by atoms with van der Waals surface area (Å²) in [5.74, 6) is 0. The van der Waals surface area contributed by atoms with Crippen LogP contribution < -0.4 is 0 Å². The molecule has 2 aliphatic carbocycles. The van der Waals surface area contributed by atoms with Crippen molar-refractivity contribution in [3.8, 4) is 54.6 Å². The van der Waals surface area contributed by atoms with Crippen LogP contribution in [0.1, 0.15) is 61.2 Å². The van der Waals surface area contributed by atoms with Crippen molar-refractivity contribution in [3.05, 3.63) is 115 Å². The zero-order valence-electron chi connectivity index (χ0n) is 25.3. The molecule has 0 saturated carbocycles. The Morgan fingerprint density at radius 2 is 0.885 bits per heavy atom. The lowest BCUT2D eigenvalue weighted by Crippen LogP contribution is -2.08. The van der Waals surface area contributed by atoms with E-state index >= 15 is 0 Å². The van der Waals surface area contributed by atoms with Crippen LogP contribution in [0.2, 0.25) is 0 Å². The quantitative estimate of drug-likeness (QED) is 0.189. The van der Waals surface area contributed by atoms with Crippen LogP contribution in [-0.4, -0.2) is 0 Å². The van der Waals surface area contributed by atoms with E-state index in [1.54, 1.807) is 48.6 Å². The molecule has 0 amide bonds. The highest BCUT2D eigenvalue weighted by molar-refractivity contribution is 6.32. The van der Waals surface area contributed by atoms with E-state index in [-0.39, 0.29) is 11.1 Å². The van der Waals surface area contributed by atoms with Crippen molar-refractivity contribution < 1.29 is 26.3 Å². The van der Waals surface area contributed by atoms with Gasteiger partial charge in [-0.1, -0.05) is 18.2 Å². The van der Waals surface area contributed by atoms with E-state index in [0.717, 1.165) is 24.3 Å². The summed E-state index contributed by atoms with van der Waals surface area (Å²) in [5.41, 5.74) is -11.8. The second-order valence-electron chi connectivity index (χ2n) is 10.6. The Hall–Kier alpha value is -8.39. The predicted octanol–water partition coefficient (Wildman–Crippen LogP) is 7.84. The average molecular weight is 692 g/mol. The Morgan fingerprint density at radius 3 is 1.25 bits per heavy atom. The molecule has 0 unspecified atom stereocenters. The van der Waals surface area contributed by atoms with E-state index in [4.69, 9.17) is 0 Å². The number of halogens is 6. The minimum atomic E-state index is -5.11. The fourth-order valence-electron chi connectivity index (χ4n) is 6.16. The van der Waals surface area contributed by atoms with Gasteiger partial charge in [0, 0.05) is 44.5 Å². The van der Waals surface area contributed by atoms with Crippen molar-refractivity contribution in [2.45, 2.75) is 12.4 Å². The van der Waals surface area contributed by atoms with Crippen molar-refractivity contribution in [1.82, 2.24) is 0 Å². The van der Waals surface area contributed by atoms with Crippen LogP contribution in [0.4, 0.5) is 26.3 Å². The predicted molar refractivity (Wildman–Crippen MR) is 165 cm³/mol. The minimum Gasteiger partial charge on any atom is -0.192 e. The molecule has 0 aliphatic heterocycles. The summed E-state index contributed by atoms with van der Waals surface area (Å²) in [4.78, 5) is 0. The largest absolute Gasteiger partial charge is 0.417 e. The second-order valence-corrected chi connectivity index (χ2v) is 10.6. The van der Waals surface area contributed by atoms with Crippen molar-refractivity contribution in [3.63, 3.8) is 0 Å². The van der Waals surface area contributed by atoms with Gasteiger partial charge in [0.05, 0.1) is 45.0 Å². The average Bonchev–Trinajstić information content (AvgIpc) is 3.64. The number of hydrogen-bond donors (Lipinski definition) is 0. The SMILES string of the molecule is N#CC(C#N)=C1C(c2ccc(C(F)(F)F)cc2)=C(C#N)c2c(C#N)c3c(c(C#N)c21)C(=C(C#N)C#N)C(c1ccc(C#N)c(C(F)(F)F)c1)=C3C#N. The molecular formula is C37H7F6N9. The van der Waals surface area contributed by atoms with Crippen LogP contribution in [0.3, 0.4) is 0 Å². The lowest BCUT2D eigenvalue weighted by molar-refractivity contribution is -0.138. The Labute approximate surface area is 288 Å². The molecule has 0 radical (unpaired) electrons. The Bertz CT molecular complexity index is 2700. The van der Waals surface area contributed by atoms with E-state index in [0.29, 0.717) is 18.2 Å². The Kier molecular flexibility index (Phi) is 8.44. The van der Waals surface area contributed by atoms with Crippen LogP contribution in [0.15, 0.2) is 53.6 Å². The van der Waals surface area contributed by atoms with Gasteiger partial charge in [-0.05, 0) is 35.4 Å². The van der Waals surface area contributed by atoms with Crippen molar-refractivity contribution in [2.24, 2.45) is 0 Å². The van der Waals surface area contributed by atoms with Gasteiger partial charge in [-0.25, -0.2) is 0 Å². The van der Waals surface area contributed by atoms with Gasteiger partial charge in [-0.2, -0.15) is 73.7 Å². The number of hydrogen-bond acceptors (Lipinski definition) is 9. The van der Waals surface area contributed by atoms with Crippen LogP contribution in [0.5, 0.6) is 0 Å². The first kappa shape index (κ1) is 34.9. The van der Waals surface area contributed by atoms with Crippen LogP contribution >= 0.6 is 0 Å². The number of allylic oxidation sites excluding steroid dienone is 8. The van der Waals surface area contributed by atoms with Crippen molar-refractivity contribution in [1.29, 1.82) is 47.4 Å². The summed E-state index contributed by atoms with van der Waals surface area (Å²) < 4.78 is 82.5. The highest BCUT2D eigenvalue weighted by atomic mass is 19.4. The molecular weight excluding hydrogens is 684 g/mol. The molecule has 242 valence electrons. The molecule has 0 bridgehead atoms. The maximum absolute atomic E-state index is 14.1. The van der Waals surface area contributed by atoms with E-state index in [2.05, 4.69) is 0 Å². The van der Waals surface area contributed by atoms with Crippen molar-refractivity contribution >= 4 is 33.4 Å². The number of alkyl halides is 6. The molecule has 0 fully saturated rings. The summed E-state index contributed by atoms with van der Waals surface area (Å²) in [6.45, 7) is 0. The molecule has 52 heavy (non-hydrogen) atoms. The van der Waals surface area contributed by atoms with Gasteiger partial charge >= 0.3 is 12.4 Å². The van der Waals surface area contributed by atoms with E-state index < -0.39 is 107 Å². The van der Waals surface area contributed by atoms with E-state index in [1.807, 2.05) is 0 Å². The molecule has 2 aliphatic rings. The molecule has 3 aromatic rings. The summed E-state index contributed by atoms with van der Waals surface area (Å²) >= 11 is 0. The van der Waals surface area contributed by atoms with Gasteiger partial charge in [0.2, 0.25) is 0 Å². The first-order valence-corrected chi connectivity index (χ1v) is 14.0. The monoisotopic (exact) mass is 691 g/mol. The molecule has 9 nitrogen and oxygen atoms in total. The summed E-state index contributed by atoms with van der Waals surface area (Å²) in [7, 11) is 0. The lowest BCUT2D eigenvalue weighted by atomic mass is 9.82. The van der Waals surface area contributed by atoms with Crippen LogP contribution in [0, 0.1) is 102 Å². The van der Waals surface area contributed by atoms with Crippen LogP contribution in [0.25, 0.3) is 33.4 Å². The Morgan fingerprint density at radius 1 is 0.462 bits per heavy atom. The molecule has 15 heteroatoms. The maximum Gasteiger partial charge on any atom is 0.417 e. The third-order valence-corrected chi connectivity index (χ3v) is 8.13. The molecule has 0 saturated heterocycles. The fourth-order valence-corrected chi connectivity index (χ4v) is 6.16. The van der Waals surface area contributed by atoms with Crippen LogP contribution in [-0.2, 0) is 12.4 Å². The van der Waals surface area contributed by atoms with Crippen molar-refractivity contribution in [2.75, 3.05) is 0 Å². The molecule has 0 spiro atoms. The third-order valence-electron chi connectivity index (χ3n) is 8.13. The lowest BCUT2D eigenvalue weighted by Gasteiger charge is -2.16. The normalized spacial score (nSPS) is 12.8. The maximum atomic E-state index is 14.1. The molecule has 3 aromatic carbocycles.